The molecule has 1 aromatic carbocycles. The van der Waals surface area contributed by atoms with E-state index in [-0.39, 0.29) is 18.2 Å². The number of anilines is 1. The van der Waals surface area contributed by atoms with Crippen molar-refractivity contribution in [3.63, 3.8) is 0 Å². The van der Waals surface area contributed by atoms with Crippen LogP contribution in [0.15, 0.2) is 40.3 Å². The summed E-state index contributed by atoms with van der Waals surface area (Å²) < 4.78 is 16.3. The highest BCUT2D eigenvalue weighted by molar-refractivity contribution is 7.14. The molecule has 0 radical (unpaired) electrons. The first-order valence-electron chi connectivity index (χ1n) is 9.04. The van der Waals surface area contributed by atoms with Crippen molar-refractivity contribution in [1.82, 2.24) is 10.3 Å². The molecule has 1 aliphatic rings. The van der Waals surface area contributed by atoms with Crippen molar-refractivity contribution in [3.8, 4) is 11.5 Å². The Balaban J connectivity index is 1.32. The molecule has 2 N–H and O–H groups in total. The lowest BCUT2D eigenvalue weighted by Gasteiger charge is -2.21. The third-order valence-corrected chi connectivity index (χ3v) is 5.15. The number of nitrogens with one attached hydrogen (secondary N) is 2. The van der Waals surface area contributed by atoms with E-state index >= 15 is 0 Å². The number of aryl methyl sites for hydroxylation is 1. The number of benzene rings is 1. The number of hydrogen-bond acceptors (Lipinski definition) is 7. The van der Waals surface area contributed by atoms with Crippen molar-refractivity contribution in [1.29, 1.82) is 0 Å². The highest BCUT2D eigenvalue weighted by Gasteiger charge is 2.17. The van der Waals surface area contributed by atoms with Gasteiger partial charge in [-0.05, 0) is 19.1 Å². The molecule has 0 bridgehead atoms. The minimum absolute atomic E-state index is 0.115. The molecule has 0 saturated carbocycles. The van der Waals surface area contributed by atoms with Crippen LogP contribution < -0.4 is 20.1 Å². The molecule has 2 aromatic heterocycles. The van der Waals surface area contributed by atoms with Gasteiger partial charge in [-0.3, -0.25) is 14.9 Å². The fourth-order valence-corrected chi connectivity index (χ4v) is 3.63. The summed E-state index contributed by atoms with van der Waals surface area (Å²) in [7, 11) is 0. The third kappa shape index (κ3) is 4.40. The van der Waals surface area contributed by atoms with Gasteiger partial charge in [-0.25, -0.2) is 4.98 Å². The molecule has 0 aliphatic carbocycles. The number of carbonyl (C=O) groups excluding carboxylic acids is 2. The van der Waals surface area contributed by atoms with Crippen LogP contribution in [0.25, 0.3) is 0 Å². The zero-order valence-corrected chi connectivity index (χ0v) is 16.5. The highest BCUT2D eigenvalue weighted by Crippen LogP contribution is 2.33. The second-order valence-electron chi connectivity index (χ2n) is 6.38. The fourth-order valence-electron chi connectivity index (χ4n) is 2.92. The minimum atomic E-state index is -0.294. The summed E-state index contributed by atoms with van der Waals surface area (Å²) in [5.41, 5.74) is 1.90. The van der Waals surface area contributed by atoms with Gasteiger partial charge in [0.2, 0.25) is 5.91 Å². The molecule has 0 unspecified atom stereocenters. The van der Waals surface area contributed by atoms with Gasteiger partial charge < -0.3 is 19.2 Å². The Labute approximate surface area is 170 Å². The largest absolute Gasteiger partial charge is 0.486 e. The zero-order valence-electron chi connectivity index (χ0n) is 15.7. The second-order valence-corrected chi connectivity index (χ2v) is 7.24. The van der Waals surface area contributed by atoms with Crippen molar-refractivity contribution >= 4 is 28.3 Å². The van der Waals surface area contributed by atoms with Gasteiger partial charge in [0.25, 0.3) is 5.91 Å². The van der Waals surface area contributed by atoms with E-state index in [0.717, 1.165) is 5.56 Å². The number of rotatable bonds is 6. The number of fused-ring (bicyclic) bond motifs is 1. The van der Waals surface area contributed by atoms with Gasteiger partial charge in [-0.15, -0.1) is 11.3 Å². The van der Waals surface area contributed by atoms with Crippen LogP contribution in [0.4, 0.5) is 5.13 Å². The summed E-state index contributed by atoms with van der Waals surface area (Å²) in [6.07, 6.45) is 1.58. The SMILES string of the molecule is Cc1occc1C(=O)Nc1nc(CC(=O)NCc2cccc3c2OCCO3)cs1. The molecule has 0 atom stereocenters. The summed E-state index contributed by atoms with van der Waals surface area (Å²) in [5.74, 6) is 1.44. The maximum absolute atomic E-state index is 12.3. The molecule has 4 rings (SSSR count). The molecule has 0 fully saturated rings. The fraction of sp³-hybridized carbons (Fsp3) is 0.250. The summed E-state index contributed by atoms with van der Waals surface area (Å²) in [4.78, 5) is 28.8. The minimum Gasteiger partial charge on any atom is -0.486 e. The predicted molar refractivity (Wildman–Crippen MR) is 106 cm³/mol. The number of amides is 2. The monoisotopic (exact) mass is 413 g/mol. The molecular weight excluding hydrogens is 394 g/mol. The lowest BCUT2D eigenvalue weighted by Crippen LogP contribution is -2.26. The predicted octanol–water partition coefficient (Wildman–Crippen LogP) is 2.93. The first-order chi connectivity index (χ1) is 14.1. The van der Waals surface area contributed by atoms with E-state index in [0.29, 0.717) is 53.4 Å². The topological polar surface area (TPSA) is 103 Å². The molecule has 0 spiro atoms. The summed E-state index contributed by atoms with van der Waals surface area (Å²) in [5, 5.41) is 7.77. The van der Waals surface area contributed by atoms with Gasteiger partial charge in [-0.2, -0.15) is 0 Å². The van der Waals surface area contributed by atoms with Gasteiger partial charge in [0.1, 0.15) is 19.0 Å². The highest BCUT2D eigenvalue weighted by atomic mass is 32.1. The number of nitrogens with zero attached hydrogens (tertiary/aromatic N) is 1. The Morgan fingerprint density at radius 3 is 2.90 bits per heavy atom. The molecule has 9 heteroatoms. The lowest BCUT2D eigenvalue weighted by molar-refractivity contribution is -0.120. The van der Waals surface area contributed by atoms with E-state index in [2.05, 4.69) is 15.6 Å². The second kappa shape index (κ2) is 8.36. The Morgan fingerprint density at radius 2 is 2.07 bits per heavy atom. The van der Waals surface area contributed by atoms with Gasteiger partial charge in [-0.1, -0.05) is 12.1 Å². The Kier molecular flexibility index (Phi) is 5.48. The number of hydrogen-bond donors (Lipinski definition) is 2. The van der Waals surface area contributed by atoms with Gasteiger partial charge in [0.15, 0.2) is 16.6 Å². The van der Waals surface area contributed by atoms with Crippen molar-refractivity contribution < 1.29 is 23.5 Å². The van der Waals surface area contributed by atoms with Gasteiger partial charge in [0.05, 0.1) is 23.9 Å². The lowest BCUT2D eigenvalue weighted by atomic mass is 10.1. The average molecular weight is 413 g/mol. The normalized spacial score (nSPS) is 12.4. The molecule has 2 amide bonds. The summed E-state index contributed by atoms with van der Waals surface area (Å²) >= 11 is 1.27. The van der Waals surface area contributed by atoms with E-state index < -0.39 is 0 Å². The number of para-hydroxylation sites is 1. The Morgan fingerprint density at radius 1 is 1.21 bits per heavy atom. The molecule has 3 heterocycles. The standard InChI is InChI=1S/C20H19N3O5S/c1-12-15(5-6-26-12)19(25)23-20-22-14(11-29-20)9-17(24)21-10-13-3-2-4-16-18(13)28-8-7-27-16/h2-6,11H,7-10H2,1H3,(H,21,24)(H,22,23,25). The van der Waals surface area contributed by atoms with Gasteiger partial charge in [0, 0.05) is 17.5 Å². The number of aromatic nitrogens is 1. The van der Waals surface area contributed by atoms with Crippen LogP contribution in [-0.2, 0) is 17.8 Å². The van der Waals surface area contributed by atoms with Crippen LogP contribution in [0.2, 0.25) is 0 Å². The van der Waals surface area contributed by atoms with Crippen LogP contribution in [-0.4, -0.2) is 30.0 Å². The number of ether oxygens (including phenoxy) is 2. The number of thiazole rings is 1. The maximum Gasteiger partial charge on any atom is 0.260 e. The zero-order chi connectivity index (χ0) is 20.2. The van der Waals surface area contributed by atoms with Crippen molar-refractivity contribution in [2.45, 2.75) is 19.9 Å². The van der Waals surface area contributed by atoms with Crippen LogP contribution in [0, 0.1) is 6.92 Å². The molecular formula is C20H19N3O5S. The van der Waals surface area contributed by atoms with E-state index in [1.165, 1.54) is 17.6 Å². The van der Waals surface area contributed by atoms with Crippen molar-refractivity contribution in [2.75, 3.05) is 18.5 Å². The first kappa shape index (κ1) is 19.0. The molecule has 3 aromatic rings. The summed E-state index contributed by atoms with van der Waals surface area (Å²) in [6, 6.07) is 7.20. The van der Waals surface area contributed by atoms with Crippen molar-refractivity contribution in [2.24, 2.45) is 0 Å². The molecule has 0 saturated heterocycles. The maximum atomic E-state index is 12.3. The molecule has 1 aliphatic heterocycles. The van der Waals surface area contributed by atoms with Crippen LogP contribution in [0.1, 0.15) is 27.4 Å². The average Bonchev–Trinajstić information content (AvgIpc) is 3.35. The summed E-state index contributed by atoms with van der Waals surface area (Å²) in [6.45, 7) is 3.06. The Hall–Kier alpha value is -3.33. The van der Waals surface area contributed by atoms with Crippen LogP contribution in [0.5, 0.6) is 11.5 Å². The van der Waals surface area contributed by atoms with Gasteiger partial charge >= 0.3 is 0 Å². The van der Waals surface area contributed by atoms with E-state index in [4.69, 9.17) is 13.9 Å². The van der Waals surface area contributed by atoms with E-state index in [1.807, 2.05) is 18.2 Å². The number of furan rings is 1. The van der Waals surface area contributed by atoms with Crippen molar-refractivity contribution in [3.05, 3.63) is 58.5 Å². The third-order valence-electron chi connectivity index (χ3n) is 4.34. The molecule has 150 valence electrons. The molecule has 8 nitrogen and oxygen atoms in total. The van der Waals surface area contributed by atoms with Crippen LogP contribution >= 0.6 is 11.3 Å². The molecule has 29 heavy (non-hydrogen) atoms. The van der Waals surface area contributed by atoms with Crippen LogP contribution in [0.3, 0.4) is 0 Å². The van der Waals surface area contributed by atoms with E-state index in [1.54, 1.807) is 18.4 Å². The Bertz CT molecular complexity index is 1040. The smallest absolute Gasteiger partial charge is 0.260 e. The first-order valence-corrected chi connectivity index (χ1v) is 9.92. The quantitative estimate of drug-likeness (QED) is 0.644. The van der Waals surface area contributed by atoms with E-state index in [9.17, 15) is 9.59 Å². The number of carbonyl (C=O) groups is 2.